The zero-order chi connectivity index (χ0) is 7.52. The largest absolute Gasteiger partial charge is 0.380 e. The van der Waals surface area contributed by atoms with Gasteiger partial charge in [0.1, 0.15) is 0 Å². The Hall–Kier alpha value is -0.540. The highest BCUT2D eigenvalue weighted by Crippen LogP contribution is 2.14. The van der Waals surface area contributed by atoms with Crippen LogP contribution in [0.3, 0.4) is 0 Å². The van der Waals surface area contributed by atoms with Gasteiger partial charge in [0, 0.05) is 23.7 Å². The number of nitrogens with one attached hydrogen (secondary N) is 2. The van der Waals surface area contributed by atoms with Crippen molar-refractivity contribution in [2.24, 2.45) is 0 Å². The molecule has 2 rings (SSSR count). The minimum absolute atomic E-state index is 0.643. The van der Waals surface area contributed by atoms with Gasteiger partial charge in [-0.3, -0.25) is 0 Å². The highest BCUT2D eigenvalue weighted by atomic mass is 32.1. The molecule has 1 aromatic rings. The van der Waals surface area contributed by atoms with Gasteiger partial charge >= 0.3 is 0 Å². The van der Waals surface area contributed by atoms with Crippen molar-refractivity contribution in [3.8, 4) is 0 Å². The first-order chi connectivity index (χ1) is 5.45. The van der Waals surface area contributed by atoms with E-state index in [9.17, 15) is 0 Å². The molecule has 0 aromatic carbocycles. The zero-order valence-electron chi connectivity index (χ0n) is 6.34. The summed E-state index contributed by atoms with van der Waals surface area (Å²) < 4.78 is 0. The highest BCUT2D eigenvalue weighted by molar-refractivity contribution is 7.08. The summed E-state index contributed by atoms with van der Waals surface area (Å²) in [6.45, 7) is 2.26. The van der Waals surface area contributed by atoms with Crippen LogP contribution in [-0.2, 0) is 0 Å². The van der Waals surface area contributed by atoms with Gasteiger partial charge in [-0.25, -0.2) is 0 Å². The quantitative estimate of drug-likeness (QED) is 0.699. The number of rotatable bonds is 2. The maximum absolute atomic E-state index is 3.47. The fraction of sp³-hybridized carbons (Fsp3) is 0.500. The van der Waals surface area contributed by atoms with Crippen molar-refractivity contribution in [1.29, 1.82) is 0 Å². The third-order valence-corrected chi connectivity index (χ3v) is 2.64. The van der Waals surface area contributed by atoms with E-state index in [4.69, 9.17) is 0 Å². The molecule has 1 saturated heterocycles. The van der Waals surface area contributed by atoms with Crippen molar-refractivity contribution in [2.75, 3.05) is 18.4 Å². The molecule has 2 nitrogen and oxygen atoms in total. The van der Waals surface area contributed by atoms with Gasteiger partial charge < -0.3 is 10.6 Å². The molecule has 1 fully saturated rings. The molecule has 2 N–H and O–H groups in total. The summed E-state index contributed by atoms with van der Waals surface area (Å²) in [4.78, 5) is 0. The normalized spacial score (nSPS) is 23.8. The second-order valence-corrected chi connectivity index (χ2v) is 3.63. The second-order valence-electron chi connectivity index (χ2n) is 2.85. The molecule has 1 unspecified atom stereocenters. The lowest BCUT2D eigenvalue weighted by atomic mass is 10.2. The van der Waals surface area contributed by atoms with Crippen LogP contribution in [0, 0.1) is 0 Å². The van der Waals surface area contributed by atoms with Crippen LogP contribution < -0.4 is 10.6 Å². The minimum atomic E-state index is 0.643. The maximum atomic E-state index is 3.47. The molecule has 1 aliphatic heterocycles. The molecule has 0 aliphatic carbocycles. The summed E-state index contributed by atoms with van der Waals surface area (Å²) in [6, 6.07) is 2.77. The molecule has 3 heteroatoms. The van der Waals surface area contributed by atoms with Crippen LogP contribution in [0.15, 0.2) is 16.8 Å². The first-order valence-corrected chi connectivity index (χ1v) is 4.89. The molecule has 0 saturated carbocycles. The molecule has 1 aliphatic rings. The Kier molecular flexibility index (Phi) is 2.10. The van der Waals surface area contributed by atoms with E-state index in [2.05, 4.69) is 27.5 Å². The van der Waals surface area contributed by atoms with Crippen molar-refractivity contribution in [3.05, 3.63) is 16.8 Å². The molecular weight excluding hydrogens is 156 g/mol. The summed E-state index contributed by atoms with van der Waals surface area (Å²) in [5.74, 6) is 0. The summed E-state index contributed by atoms with van der Waals surface area (Å²) in [6.07, 6.45) is 1.25. The zero-order valence-corrected chi connectivity index (χ0v) is 7.16. The van der Waals surface area contributed by atoms with Crippen LogP contribution in [0.1, 0.15) is 6.42 Å². The van der Waals surface area contributed by atoms with Gasteiger partial charge in [-0.15, -0.1) is 0 Å². The Morgan fingerprint density at radius 3 is 3.27 bits per heavy atom. The Balaban J connectivity index is 1.90. The fourth-order valence-corrected chi connectivity index (χ4v) is 1.96. The third-order valence-electron chi connectivity index (χ3n) is 1.95. The molecule has 0 amide bonds. The van der Waals surface area contributed by atoms with Gasteiger partial charge in [0.2, 0.25) is 0 Å². The Labute approximate surface area is 70.6 Å². The van der Waals surface area contributed by atoms with Gasteiger partial charge in [0.25, 0.3) is 0 Å². The Morgan fingerprint density at radius 1 is 1.64 bits per heavy atom. The minimum Gasteiger partial charge on any atom is -0.380 e. The average Bonchev–Trinajstić information content (AvgIpc) is 2.60. The molecular formula is C8H12N2S. The van der Waals surface area contributed by atoms with Crippen molar-refractivity contribution in [3.63, 3.8) is 0 Å². The van der Waals surface area contributed by atoms with Crippen molar-refractivity contribution < 1.29 is 0 Å². The summed E-state index contributed by atoms with van der Waals surface area (Å²) >= 11 is 1.74. The van der Waals surface area contributed by atoms with Crippen molar-refractivity contribution >= 4 is 17.0 Å². The Morgan fingerprint density at radius 2 is 2.64 bits per heavy atom. The van der Waals surface area contributed by atoms with Gasteiger partial charge in [-0.1, -0.05) is 0 Å². The van der Waals surface area contributed by atoms with Crippen molar-refractivity contribution in [2.45, 2.75) is 12.5 Å². The lowest BCUT2D eigenvalue weighted by Crippen LogP contribution is -2.21. The first kappa shape index (κ1) is 7.13. The predicted molar refractivity (Wildman–Crippen MR) is 49.2 cm³/mol. The highest BCUT2D eigenvalue weighted by Gasteiger charge is 2.13. The molecule has 0 radical (unpaired) electrons. The van der Waals surface area contributed by atoms with E-state index in [0.717, 1.165) is 13.1 Å². The SMILES string of the molecule is c1cc(NC2CCNC2)cs1. The Bertz CT molecular complexity index is 202. The molecule has 1 aromatic heterocycles. The monoisotopic (exact) mass is 168 g/mol. The molecule has 1 atom stereocenters. The van der Waals surface area contributed by atoms with E-state index >= 15 is 0 Å². The van der Waals surface area contributed by atoms with Gasteiger partial charge in [-0.2, -0.15) is 11.3 Å². The van der Waals surface area contributed by atoms with Crippen LogP contribution in [0.2, 0.25) is 0 Å². The van der Waals surface area contributed by atoms with Gasteiger partial charge in [0.15, 0.2) is 0 Å². The number of hydrogen-bond donors (Lipinski definition) is 2. The maximum Gasteiger partial charge on any atom is 0.0451 e. The van der Waals surface area contributed by atoms with Crippen LogP contribution in [-0.4, -0.2) is 19.1 Å². The predicted octanol–water partition coefficient (Wildman–Crippen LogP) is 1.52. The van der Waals surface area contributed by atoms with Crippen LogP contribution >= 0.6 is 11.3 Å². The molecule has 11 heavy (non-hydrogen) atoms. The summed E-state index contributed by atoms with van der Waals surface area (Å²) in [7, 11) is 0. The van der Waals surface area contributed by atoms with Gasteiger partial charge in [0.05, 0.1) is 0 Å². The van der Waals surface area contributed by atoms with E-state index in [-0.39, 0.29) is 0 Å². The fourth-order valence-electron chi connectivity index (χ4n) is 1.36. The van der Waals surface area contributed by atoms with E-state index < -0.39 is 0 Å². The molecule has 0 spiro atoms. The van der Waals surface area contributed by atoms with Crippen molar-refractivity contribution in [1.82, 2.24) is 5.32 Å². The number of thiophene rings is 1. The molecule has 60 valence electrons. The number of anilines is 1. The van der Waals surface area contributed by atoms with Gasteiger partial charge in [-0.05, 0) is 24.4 Å². The summed E-state index contributed by atoms with van der Waals surface area (Å²) in [5, 5.41) is 11.0. The van der Waals surface area contributed by atoms with E-state index in [1.54, 1.807) is 11.3 Å². The smallest absolute Gasteiger partial charge is 0.0451 e. The molecule has 0 bridgehead atoms. The summed E-state index contributed by atoms with van der Waals surface area (Å²) in [5.41, 5.74) is 1.27. The second kappa shape index (κ2) is 3.24. The molecule has 2 heterocycles. The first-order valence-electron chi connectivity index (χ1n) is 3.94. The number of hydrogen-bond acceptors (Lipinski definition) is 3. The standard InChI is InChI=1S/C8H12N2S/c1-3-9-5-7(1)10-8-2-4-11-6-8/h2,4,6-7,9-10H,1,3,5H2. The van der Waals surface area contributed by atoms with E-state index in [1.165, 1.54) is 12.1 Å². The van der Waals surface area contributed by atoms with E-state index in [0.29, 0.717) is 6.04 Å². The lowest BCUT2D eigenvalue weighted by Gasteiger charge is -2.09. The average molecular weight is 168 g/mol. The van der Waals surface area contributed by atoms with E-state index in [1.807, 2.05) is 0 Å². The lowest BCUT2D eigenvalue weighted by molar-refractivity contribution is 0.794. The van der Waals surface area contributed by atoms with Crippen LogP contribution in [0.4, 0.5) is 5.69 Å². The third kappa shape index (κ3) is 1.73. The topological polar surface area (TPSA) is 24.1 Å². The van der Waals surface area contributed by atoms with Crippen LogP contribution in [0.5, 0.6) is 0 Å². The van der Waals surface area contributed by atoms with Crippen LogP contribution in [0.25, 0.3) is 0 Å².